The van der Waals surface area contributed by atoms with Gasteiger partial charge in [-0.05, 0) is 38.1 Å². The molecule has 0 saturated carbocycles. The van der Waals surface area contributed by atoms with Crippen molar-refractivity contribution in [2.75, 3.05) is 38.3 Å². The topological polar surface area (TPSA) is 61.9 Å². The van der Waals surface area contributed by atoms with Crippen molar-refractivity contribution < 1.29 is 14.3 Å². The van der Waals surface area contributed by atoms with E-state index in [-0.39, 0.29) is 18.4 Å². The van der Waals surface area contributed by atoms with Crippen molar-refractivity contribution in [2.45, 2.75) is 18.4 Å². The van der Waals surface area contributed by atoms with Gasteiger partial charge in [-0.25, -0.2) is 0 Å². The number of carbonyl (C=O) groups excluding carboxylic acids is 2. The molecule has 6 nitrogen and oxygen atoms in total. The van der Waals surface area contributed by atoms with Crippen LogP contribution in [0, 0.1) is 0 Å². The van der Waals surface area contributed by atoms with Crippen LogP contribution in [0.1, 0.15) is 12.8 Å². The Morgan fingerprint density at radius 1 is 1.27 bits per heavy atom. The minimum Gasteiger partial charge on any atom is -0.468 e. The van der Waals surface area contributed by atoms with Gasteiger partial charge in [-0.3, -0.25) is 9.59 Å². The van der Waals surface area contributed by atoms with Crippen LogP contribution >= 0.6 is 0 Å². The normalized spacial score (nSPS) is 20.5. The van der Waals surface area contributed by atoms with Gasteiger partial charge in [-0.15, -0.1) is 0 Å². The summed E-state index contributed by atoms with van der Waals surface area (Å²) in [6.07, 6.45) is 1.50. The first kappa shape index (κ1) is 14.8. The van der Waals surface area contributed by atoms with E-state index >= 15 is 0 Å². The third kappa shape index (κ3) is 2.43. The lowest BCUT2D eigenvalue weighted by Gasteiger charge is -2.40. The minimum absolute atomic E-state index is 0.00778. The molecule has 0 aromatic heterocycles. The van der Waals surface area contributed by atoms with E-state index in [1.807, 2.05) is 30.3 Å². The van der Waals surface area contributed by atoms with Gasteiger partial charge in [0, 0.05) is 5.69 Å². The maximum atomic E-state index is 13.0. The number of para-hydroxylation sites is 1. The van der Waals surface area contributed by atoms with Crippen LogP contribution in [0.2, 0.25) is 0 Å². The molecule has 0 unspecified atom stereocenters. The number of rotatable bonds is 3. The average Bonchev–Trinajstić information content (AvgIpc) is 2.82. The number of hydrogen-bond donors (Lipinski definition) is 1. The van der Waals surface area contributed by atoms with Crippen LogP contribution in [0.15, 0.2) is 30.3 Å². The second-order valence-electron chi connectivity index (χ2n) is 5.77. The molecule has 118 valence electrons. The fourth-order valence-electron chi connectivity index (χ4n) is 3.38. The third-order valence-corrected chi connectivity index (χ3v) is 4.56. The quantitative estimate of drug-likeness (QED) is 0.828. The molecule has 3 rings (SSSR count). The van der Waals surface area contributed by atoms with Gasteiger partial charge in [0.05, 0.1) is 13.8 Å². The zero-order valence-corrected chi connectivity index (χ0v) is 12.7. The zero-order valence-electron chi connectivity index (χ0n) is 12.7. The summed E-state index contributed by atoms with van der Waals surface area (Å²) in [6, 6.07) is 9.93. The predicted molar refractivity (Wildman–Crippen MR) is 82.4 cm³/mol. The molecule has 2 heterocycles. The van der Waals surface area contributed by atoms with Crippen molar-refractivity contribution in [3.63, 3.8) is 0 Å². The first-order valence-electron chi connectivity index (χ1n) is 7.57. The highest BCUT2D eigenvalue weighted by atomic mass is 16.5. The number of ether oxygens (including phenoxy) is 1. The lowest BCUT2D eigenvalue weighted by molar-refractivity contribution is -0.146. The van der Waals surface area contributed by atoms with Crippen molar-refractivity contribution >= 4 is 17.6 Å². The predicted octanol–water partition coefficient (Wildman–Crippen LogP) is 0.588. The first-order chi connectivity index (χ1) is 10.7. The Labute approximate surface area is 130 Å². The number of nitrogens with zero attached hydrogens (tertiary/aromatic N) is 2. The van der Waals surface area contributed by atoms with Gasteiger partial charge in [0.2, 0.25) is 0 Å². The van der Waals surface area contributed by atoms with E-state index in [1.54, 1.807) is 4.90 Å². The lowest BCUT2D eigenvalue weighted by Crippen LogP contribution is -2.55. The Kier molecular flexibility index (Phi) is 4.02. The molecular formula is C16H21N3O3. The van der Waals surface area contributed by atoms with Crippen LogP contribution in [0.3, 0.4) is 0 Å². The Hall–Kier alpha value is -2.08. The summed E-state index contributed by atoms with van der Waals surface area (Å²) in [6.45, 7) is 2.05. The number of carbonyl (C=O) groups is 2. The van der Waals surface area contributed by atoms with E-state index < -0.39 is 5.54 Å². The number of hydrogen-bond acceptors (Lipinski definition) is 5. The van der Waals surface area contributed by atoms with E-state index in [0.717, 1.165) is 31.6 Å². The van der Waals surface area contributed by atoms with Gasteiger partial charge in [0.15, 0.2) is 0 Å². The fourth-order valence-corrected chi connectivity index (χ4v) is 3.38. The lowest BCUT2D eigenvalue weighted by atomic mass is 9.86. The number of benzene rings is 1. The highest BCUT2D eigenvalue weighted by Gasteiger charge is 2.53. The smallest absolute Gasteiger partial charge is 0.325 e. The second-order valence-corrected chi connectivity index (χ2v) is 5.77. The minimum atomic E-state index is -0.541. The summed E-state index contributed by atoms with van der Waals surface area (Å²) in [7, 11) is 1.35. The van der Waals surface area contributed by atoms with Crippen LogP contribution in [0.4, 0.5) is 5.69 Å². The van der Waals surface area contributed by atoms with Gasteiger partial charge in [0.25, 0.3) is 5.91 Å². The number of piperidine rings is 1. The Bertz CT molecular complexity index is 555. The molecule has 22 heavy (non-hydrogen) atoms. The van der Waals surface area contributed by atoms with Crippen LogP contribution in [-0.4, -0.2) is 55.7 Å². The Morgan fingerprint density at radius 2 is 1.95 bits per heavy atom. The van der Waals surface area contributed by atoms with Gasteiger partial charge in [0.1, 0.15) is 12.1 Å². The third-order valence-electron chi connectivity index (χ3n) is 4.56. The van der Waals surface area contributed by atoms with E-state index in [4.69, 9.17) is 4.74 Å². The second kappa shape index (κ2) is 5.96. The van der Waals surface area contributed by atoms with Gasteiger partial charge in [-0.2, -0.15) is 0 Å². The molecule has 2 aliphatic heterocycles. The molecule has 0 radical (unpaired) electrons. The van der Waals surface area contributed by atoms with Crippen LogP contribution in [0.25, 0.3) is 0 Å². The molecule has 2 saturated heterocycles. The van der Waals surface area contributed by atoms with E-state index in [2.05, 4.69) is 10.2 Å². The van der Waals surface area contributed by atoms with Crippen molar-refractivity contribution in [2.24, 2.45) is 0 Å². The summed E-state index contributed by atoms with van der Waals surface area (Å²) in [5, 5.41) is 3.31. The highest BCUT2D eigenvalue weighted by molar-refractivity contribution is 5.95. The molecule has 1 amide bonds. The molecule has 0 aliphatic carbocycles. The van der Waals surface area contributed by atoms with E-state index in [9.17, 15) is 9.59 Å². The fraction of sp³-hybridized carbons (Fsp3) is 0.500. The van der Waals surface area contributed by atoms with Crippen LogP contribution < -0.4 is 10.2 Å². The summed E-state index contributed by atoms with van der Waals surface area (Å²) in [4.78, 5) is 28.3. The summed E-state index contributed by atoms with van der Waals surface area (Å²) in [5.74, 6) is -0.351. The van der Waals surface area contributed by atoms with Crippen molar-refractivity contribution in [3.05, 3.63) is 30.3 Å². The average molecular weight is 303 g/mol. The zero-order chi connectivity index (χ0) is 15.6. The number of anilines is 1. The summed E-state index contributed by atoms with van der Waals surface area (Å²) < 4.78 is 4.71. The van der Waals surface area contributed by atoms with Crippen molar-refractivity contribution in [1.29, 1.82) is 0 Å². The number of methoxy groups -OCH3 is 1. The number of nitrogens with one attached hydrogen (secondary N) is 1. The standard InChI is InChI=1S/C16H21N3O3/c1-22-14(20)11-18-12-19(13-5-3-2-4-6-13)16(15(18)21)7-9-17-10-8-16/h2-6,17H,7-12H2,1H3. The highest BCUT2D eigenvalue weighted by Crippen LogP contribution is 2.37. The molecule has 0 bridgehead atoms. The van der Waals surface area contributed by atoms with Gasteiger partial charge in [-0.1, -0.05) is 18.2 Å². The molecule has 1 spiro atoms. The maximum Gasteiger partial charge on any atom is 0.325 e. The number of amides is 1. The van der Waals surface area contributed by atoms with E-state index in [0.29, 0.717) is 6.67 Å². The molecule has 2 aliphatic rings. The van der Waals surface area contributed by atoms with Crippen molar-refractivity contribution in [3.8, 4) is 0 Å². The molecule has 2 fully saturated rings. The molecular weight excluding hydrogens is 282 g/mol. The molecule has 1 N–H and O–H groups in total. The van der Waals surface area contributed by atoms with Gasteiger partial charge < -0.3 is 19.9 Å². The SMILES string of the molecule is COC(=O)CN1CN(c2ccccc2)C2(CCNCC2)C1=O. The molecule has 1 aromatic carbocycles. The Balaban J connectivity index is 1.92. The van der Waals surface area contributed by atoms with Crippen LogP contribution in [0.5, 0.6) is 0 Å². The summed E-state index contributed by atoms with van der Waals surface area (Å²) in [5.41, 5.74) is 0.478. The first-order valence-corrected chi connectivity index (χ1v) is 7.57. The summed E-state index contributed by atoms with van der Waals surface area (Å²) >= 11 is 0. The Morgan fingerprint density at radius 3 is 2.59 bits per heavy atom. The largest absolute Gasteiger partial charge is 0.468 e. The molecule has 0 atom stereocenters. The monoisotopic (exact) mass is 303 g/mol. The maximum absolute atomic E-state index is 13.0. The van der Waals surface area contributed by atoms with Gasteiger partial charge >= 0.3 is 5.97 Å². The molecule has 1 aromatic rings. The van der Waals surface area contributed by atoms with E-state index in [1.165, 1.54) is 7.11 Å². The number of esters is 1. The van der Waals surface area contributed by atoms with Crippen LogP contribution in [-0.2, 0) is 14.3 Å². The van der Waals surface area contributed by atoms with Crippen molar-refractivity contribution in [1.82, 2.24) is 10.2 Å². The molecule has 6 heteroatoms.